The van der Waals surface area contributed by atoms with Crippen LogP contribution in [0.5, 0.6) is 0 Å². The van der Waals surface area contributed by atoms with Gasteiger partial charge in [0.05, 0.1) is 0 Å². The van der Waals surface area contributed by atoms with Crippen molar-refractivity contribution in [3.63, 3.8) is 0 Å². The van der Waals surface area contributed by atoms with Crippen LogP contribution in [-0.2, 0) is 11.2 Å². The first kappa shape index (κ1) is 20.7. The van der Waals surface area contributed by atoms with E-state index in [2.05, 4.69) is 33.1 Å². The molecule has 0 radical (unpaired) electrons. The van der Waals surface area contributed by atoms with Crippen LogP contribution in [0.4, 0.5) is 5.69 Å². The molecule has 5 nitrogen and oxygen atoms in total. The molecule has 0 bridgehead atoms. The SMILES string of the molecule is Cc1ccc(NC(=O)CCc2nnc([C@H]3C[C@H](CC4CCCC4)C3)n2C2CC2)c(C)c1. The number of rotatable bonds is 8. The van der Waals surface area contributed by atoms with Crippen LogP contribution >= 0.6 is 0 Å². The van der Waals surface area contributed by atoms with Crippen LogP contribution in [0.15, 0.2) is 18.2 Å². The van der Waals surface area contributed by atoms with E-state index in [1.165, 1.54) is 69.2 Å². The number of aromatic nitrogens is 3. The van der Waals surface area contributed by atoms with Crippen LogP contribution < -0.4 is 5.32 Å². The minimum atomic E-state index is 0.0547. The molecule has 0 aliphatic heterocycles. The average Bonchev–Trinajstić information content (AvgIpc) is 3.25. The number of aryl methyl sites for hydroxylation is 3. The number of carbonyl (C=O) groups is 1. The van der Waals surface area contributed by atoms with Crippen LogP contribution in [0.3, 0.4) is 0 Å². The Hall–Kier alpha value is -2.17. The highest BCUT2D eigenvalue weighted by molar-refractivity contribution is 5.91. The zero-order valence-corrected chi connectivity index (χ0v) is 19.1. The van der Waals surface area contributed by atoms with Crippen LogP contribution in [0.1, 0.15) is 98.9 Å². The lowest BCUT2D eigenvalue weighted by atomic mass is 9.70. The van der Waals surface area contributed by atoms with Crippen LogP contribution in [0, 0.1) is 25.7 Å². The summed E-state index contributed by atoms with van der Waals surface area (Å²) in [5, 5.41) is 12.2. The summed E-state index contributed by atoms with van der Waals surface area (Å²) in [6.07, 6.45) is 13.4. The normalized spacial score (nSPS) is 23.7. The third-order valence-electron chi connectivity index (χ3n) is 7.68. The number of nitrogens with one attached hydrogen (secondary N) is 1. The number of nitrogens with zero attached hydrogens (tertiary/aromatic N) is 3. The second-order valence-electron chi connectivity index (χ2n) is 10.4. The van der Waals surface area contributed by atoms with Crippen LogP contribution in [0.25, 0.3) is 0 Å². The molecule has 3 aliphatic rings. The number of carbonyl (C=O) groups excluding carboxylic acids is 1. The topological polar surface area (TPSA) is 59.8 Å². The Morgan fingerprint density at radius 2 is 1.84 bits per heavy atom. The third-order valence-corrected chi connectivity index (χ3v) is 7.68. The Kier molecular flexibility index (Phi) is 5.85. The van der Waals surface area contributed by atoms with Crippen molar-refractivity contribution in [3.8, 4) is 0 Å². The molecule has 1 aromatic carbocycles. The maximum Gasteiger partial charge on any atom is 0.224 e. The highest BCUT2D eigenvalue weighted by Gasteiger charge is 2.39. The summed E-state index contributed by atoms with van der Waals surface area (Å²) in [6, 6.07) is 6.70. The molecule has 31 heavy (non-hydrogen) atoms. The molecule has 3 saturated carbocycles. The molecule has 3 aliphatic carbocycles. The molecule has 1 heterocycles. The summed E-state index contributed by atoms with van der Waals surface area (Å²) in [6.45, 7) is 4.11. The molecule has 1 N–H and O–H groups in total. The molecule has 1 aromatic heterocycles. The predicted octanol–water partition coefficient (Wildman–Crippen LogP) is 5.88. The molecule has 1 amide bonds. The summed E-state index contributed by atoms with van der Waals surface area (Å²) < 4.78 is 2.40. The monoisotopic (exact) mass is 420 g/mol. The Balaban J connectivity index is 1.18. The Morgan fingerprint density at radius 1 is 1.06 bits per heavy atom. The lowest BCUT2D eigenvalue weighted by molar-refractivity contribution is -0.116. The Morgan fingerprint density at radius 3 is 2.55 bits per heavy atom. The summed E-state index contributed by atoms with van der Waals surface area (Å²) >= 11 is 0. The summed E-state index contributed by atoms with van der Waals surface area (Å²) in [5.41, 5.74) is 3.22. The quantitative estimate of drug-likeness (QED) is 0.580. The Bertz CT molecular complexity index is 933. The van der Waals surface area contributed by atoms with Gasteiger partial charge < -0.3 is 9.88 Å². The fraction of sp³-hybridized carbons (Fsp3) is 0.654. The van der Waals surface area contributed by atoms with Crippen molar-refractivity contribution in [3.05, 3.63) is 41.0 Å². The highest BCUT2D eigenvalue weighted by Crippen LogP contribution is 2.48. The predicted molar refractivity (Wildman–Crippen MR) is 123 cm³/mol. The largest absolute Gasteiger partial charge is 0.326 e. The minimum Gasteiger partial charge on any atom is -0.326 e. The van der Waals surface area contributed by atoms with Gasteiger partial charge in [-0.15, -0.1) is 10.2 Å². The molecule has 0 atom stereocenters. The van der Waals surface area contributed by atoms with Crippen molar-refractivity contribution in [2.45, 2.75) is 96.4 Å². The number of anilines is 1. The molecule has 0 saturated heterocycles. The fourth-order valence-corrected chi connectivity index (χ4v) is 5.77. The van der Waals surface area contributed by atoms with E-state index in [9.17, 15) is 4.79 Å². The molecule has 5 heteroatoms. The van der Waals surface area contributed by atoms with E-state index in [4.69, 9.17) is 0 Å². The van der Waals surface area contributed by atoms with Gasteiger partial charge in [-0.05, 0) is 69.4 Å². The number of hydrogen-bond donors (Lipinski definition) is 1. The first-order chi connectivity index (χ1) is 15.1. The van der Waals surface area contributed by atoms with E-state index < -0.39 is 0 Å². The van der Waals surface area contributed by atoms with Crippen molar-refractivity contribution < 1.29 is 4.79 Å². The van der Waals surface area contributed by atoms with Gasteiger partial charge in [-0.2, -0.15) is 0 Å². The van der Waals surface area contributed by atoms with E-state index in [-0.39, 0.29) is 5.91 Å². The number of hydrogen-bond acceptors (Lipinski definition) is 3. The van der Waals surface area contributed by atoms with Crippen molar-refractivity contribution in [1.29, 1.82) is 0 Å². The van der Waals surface area contributed by atoms with Gasteiger partial charge in [0.2, 0.25) is 5.91 Å². The van der Waals surface area contributed by atoms with Crippen LogP contribution in [-0.4, -0.2) is 20.7 Å². The zero-order valence-electron chi connectivity index (χ0n) is 19.1. The van der Waals surface area contributed by atoms with Gasteiger partial charge in [0.25, 0.3) is 0 Å². The molecule has 0 spiro atoms. The molecule has 5 rings (SSSR count). The first-order valence-corrected chi connectivity index (χ1v) is 12.4. The van der Waals surface area contributed by atoms with Crippen molar-refractivity contribution in [2.75, 3.05) is 5.32 Å². The summed E-state index contributed by atoms with van der Waals surface area (Å²) in [7, 11) is 0. The molecular formula is C26H36N4O. The molecule has 2 aromatic rings. The van der Waals surface area contributed by atoms with Crippen molar-refractivity contribution in [2.24, 2.45) is 11.8 Å². The second kappa shape index (κ2) is 8.76. The molecular weight excluding hydrogens is 384 g/mol. The van der Waals surface area contributed by atoms with E-state index in [1.807, 2.05) is 19.1 Å². The van der Waals surface area contributed by atoms with Gasteiger partial charge in [0.15, 0.2) is 0 Å². The zero-order chi connectivity index (χ0) is 21.4. The van der Waals surface area contributed by atoms with Gasteiger partial charge in [0.1, 0.15) is 11.6 Å². The van der Waals surface area contributed by atoms with E-state index in [1.54, 1.807) is 0 Å². The fourth-order valence-electron chi connectivity index (χ4n) is 5.77. The van der Waals surface area contributed by atoms with Gasteiger partial charge in [0, 0.05) is 30.5 Å². The highest BCUT2D eigenvalue weighted by atomic mass is 16.1. The van der Waals surface area contributed by atoms with Gasteiger partial charge >= 0.3 is 0 Å². The molecule has 3 fully saturated rings. The van der Waals surface area contributed by atoms with E-state index >= 15 is 0 Å². The van der Waals surface area contributed by atoms with E-state index in [0.29, 0.717) is 24.8 Å². The van der Waals surface area contributed by atoms with Crippen molar-refractivity contribution >= 4 is 11.6 Å². The van der Waals surface area contributed by atoms with Crippen LogP contribution in [0.2, 0.25) is 0 Å². The van der Waals surface area contributed by atoms with Crippen molar-refractivity contribution in [1.82, 2.24) is 14.8 Å². The smallest absolute Gasteiger partial charge is 0.224 e. The van der Waals surface area contributed by atoms with E-state index in [0.717, 1.165) is 28.9 Å². The van der Waals surface area contributed by atoms with Gasteiger partial charge in [-0.25, -0.2) is 0 Å². The average molecular weight is 421 g/mol. The number of amides is 1. The maximum atomic E-state index is 12.6. The Labute approximate surface area is 186 Å². The lowest BCUT2D eigenvalue weighted by Crippen LogP contribution is -2.26. The van der Waals surface area contributed by atoms with Gasteiger partial charge in [-0.3, -0.25) is 4.79 Å². The van der Waals surface area contributed by atoms with Gasteiger partial charge in [-0.1, -0.05) is 43.4 Å². The molecule has 166 valence electrons. The minimum absolute atomic E-state index is 0.0547. The molecule has 0 unspecified atom stereocenters. The first-order valence-electron chi connectivity index (χ1n) is 12.4. The number of benzene rings is 1. The second-order valence-corrected chi connectivity index (χ2v) is 10.4. The summed E-state index contributed by atoms with van der Waals surface area (Å²) in [4.78, 5) is 12.6. The third kappa shape index (κ3) is 4.70. The summed E-state index contributed by atoms with van der Waals surface area (Å²) in [5.74, 6) is 4.72. The standard InChI is InChI=1S/C26H36N4O/c1-17-7-10-23(18(2)13-17)27-25(31)12-11-24-28-29-26(30(24)22-8-9-22)21-15-20(16-21)14-19-5-3-4-6-19/h7,10,13,19-22H,3-6,8-9,11-12,14-16H2,1-2H3,(H,27,31)/t20-,21-. The lowest BCUT2D eigenvalue weighted by Gasteiger charge is -2.36. The maximum absolute atomic E-state index is 12.6.